The summed E-state index contributed by atoms with van der Waals surface area (Å²) in [5.74, 6) is 2.31. The lowest BCUT2D eigenvalue weighted by Gasteiger charge is -2.17. The Morgan fingerprint density at radius 2 is 1.52 bits per heavy atom. The number of aryl methyl sites for hydroxylation is 1. The standard InChI is InChI=1S/C16H16N2O.C11H17NO2.C7H8N2/c1-2-19-14-10-6-9-13-11-17-16(18-15(13)14)12-7-4-3-5-8-12;1-4-14-10-7-5-6-9(11(10)13)8-12(2)3;8-7(9)6-4-2-1-3-5-6/h3-5,7-8,10-11H,2,6,9H2,1H3;7-8H,4-6H2,1-3H3;1-5H,(H3,8,9)/b;9-8-;. The number of carbonyl (C=O) groups is 1. The fourth-order valence-electron chi connectivity index (χ4n) is 4.32. The van der Waals surface area contributed by atoms with Crippen LogP contribution in [0.5, 0.6) is 0 Å². The van der Waals surface area contributed by atoms with Gasteiger partial charge in [-0.1, -0.05) is 60.7 Å². The molecule has 0 amide bonds. The van der Waals surface area contributed by atoms with Crippen LogP contribution in [0.15, 0.2) is 96.5 Å². The van der Waals surface area contributed by atoms with Crippen molar-refractivity contribution in [2.24, 2.45) is 5.73 Å². The van der Waals surface area contributed by atoms with Gasteiger partial charge >= 0.3 is 0 Å². The van der Waals surface area contributed by atoms with Crippen LogP contribution in [0.4, 0.5) is 0 Å². The molecule has 220 valence electrons. The van der Waals surface area contributed by atoms with Crippen molar-refractivity contribution in [2.75, 3.05) is 27.3 Å². The number of ketones is 1. The number of amidine groups is 1. The SMILES string of the molecule is CCOC1=CCC/C(=C/N(C)C)C1=O.CCOC1=CCCc2cnc(-c3ccccc3)nc21.N=C(N)c1ccccc1. The fourth-order valence-corrected chi connectivity index (χ4v) is 4.32. The molecule has 0 saturated carbocycles. The predicted molar refractivity (Wildman–Crippen MR) is 169 cm³/mol. The molecule has 3 aromatic rings. The van der Waals surface area contributed by atoms with E-state index in [9.17, 15) is 4.79 Å². The third-order valence-electron chi connectivity index (χ3n) is 6.23. The number of rotatable bonds is 7. The summed E-state index contributed by atoms with van der Waals surface area (Å²) in [4.78, 5) is 22.8. The summed E-state index contributed by atoms with van der Waals surface area (Å²) in [6, 6.07) is 19.3. The van der Waals surface area contributed by atoms with Crippen molar-refractivity contribution in [3.05, 3.63) is 113 Å². The first-order valence-electron chi connectivity index (χ1n) is 14.2. The Morgan fingerprint density at radius 3 is 2.12 bits per heavy atom. The van der Waals surface area contributed by atoms with Crippen LogP contribution >= 0.6 is 0 Å². The molecule has 2 aliphatic rings. The maximum absolute atomic E-state index is 11.8. The van der Waals surface area contributed by atoms with E-state index in [1.807, 2.05) is 112 Å². The van der Waals surface area contributed by atoms with Gasteiger partial charge < -0.3 is 20.1 Å². The van der Waals surface area contributed by atoms with Gasteiger partial charge in [0.05, 0.1) is 13.2 Å². The minimum absolute atomic E-state index is 0.0341. The van der Waals surface area contributed by atoms with Crippen LogP contribution < -0.4 is 5.73 Å². The molecule has 0 unspecified atom stereocenters. The number of allylic oxidation sites excluding steroid dienone is 3. The Hall–Kier alpha value is -4.72. The molecule has 5 rings (SSSR count). The van der Waals surface area contributed by atoms with E-state index in [1.54, 1.807) is 0 Å². The molecule has 0 atom stereocenters. The number of Topliss-reactive ketones (excluding diaryl/α,β-unsaturated/α-hetero) is 1. The maximum atomic E-state index is 11.8. The summed E-state index contributed by atoms with van der Waals surface area (Å²) in [6.07, 6.45) is 11.5. The van der Waals surface area contributed by atoms with Crippen LogP contribution in [0.2, 0.25) is 0 Å². The number of nitrogens with two attached hydrogens (primary N) is 1. The largest absolute Gasteiger partial charge is 0.492 e. The first-order chi connectivity index (χ1) is 20.3. The highest BCUT2D eigenvalue weighted by Crippen LogP contribution is 2.27. The lowest BCUT2D eigenvalue weighted by atomic mass is 9.99. The van der Waals surface area contributed by atoms with Crippen molar-refractivity contribution >= 4 is 17.4 Å². The highest BCUT2D eigenvalue weighted by Gasteiger charge is 2.20. The van der Waals surface area contributed by atoms with E-state index >= 15 is 0 Å². The monoisotopic (exact) mass is 567 g/mol. The maximum Gasteiger partial charge on any atom is 0.224 e. The molecule has 1 heterocycles. The smallest absolute Gasteiger partial charge is 0.224 e. The first-order valence-corrected chi connectivity index (χ1v) is 14.2. The minimum Gasteiger partial charge on any atom is -0.492 e. The van der Waals surface area contributed by atoms with Crippen molar-refractivity contribution in [2.45, 2.75) is 39.5 Å². The number of fused-ring (bicyclic) bond motifs is 1. The third kappa shape index (κ3) is 9.44. The van der Waals surface area contributed by atoms with Crippen LogP contribution in [0.1, 0.15) is 49.9 Å². The van der Waals surface area contributed by atoms with Crippen molar-refractivity contribution in [3.8, 4) is 11.4 Å². The molecule has 2 aliphatic carbocycles. The number of nitrogen functional groups attached to an aromatic ring is 1. The van der Waals surface area contributed by atoms with E-state index in [2.05, 4.69) is 16.0 Å². The minimum atomic E-state index is 0.0341. The van der Waals surface area contributed by atoms with Gasteiger partial charge in [0.1, 0.15) is 17.3 Å². The van der Waals surface area contributed by atoms with Gasteiger partial charge in [0, 0.05) is 48.8 Å². The Balaban J connectivity index is 0.000000185. The van der Waals surface area contributed by atoms with Crippen LogP contribution in [-0.2, 0) is 20.7 Å². The number of benzene rings is 2. The number of ether oxygens (including phenoxy) is 2. The second kappa shape index (κ2) is 16.5. The second-order valence-corrected chi connectivity index (χ2v) is 9.74. The molecule has 0 spiro atoms. The van der Waals surface area contributed by atoms with Crippen LogP contribution in [-0.4, -0.2) is 53.8 Å². The molecule has 2 aromatic carbocycles. The van der Waals surface area contributed by atoms with E-state index in [4.69, 9.17) is 20.6 Å². The van der Waals surface area contributed by atoms with Gasteiger partial charge in [-0.2, -0.15) is 0 Å². The van der Waals surface area contributed by atoms with E-state index < -0.39 is 0 Å². The van der Waals surface area contributed by atoms with Gasteiger partial charge in [0.25, 0.3) is 0 Å². The molecule has 0 aliphatic heterocycles. The van der Waals surface area contributed by atoms with Crippen LogP contribution in [0, 0.1) is 5.41 Å². The average molecular weight is 568 g/mol. The lowest BCUT2D eigenvalue weighted by molar-refractivity contribution is -0.115. The zero-order chi connectivity index (χ0) is 30.3. The Kier molecular flexibility index (Phi) is 12.5. The number of nitrogens with one attached hydrogen (secondary N) is 1. The molecule has 0 fully saturated rings. The molecule has 8 nitrogen and oxygen atoms in total. The van der Waals surface area contributed by atoms with E-state index in [0.717, 1.165) is 59.7 Å². The molecule has 0 radical (unpaired) electrons. The summed E-state index contributed by atoms with van der Waals surface area (Å²) < 4.78 is 10.9. The van der Waals surface area contributed by atoms with Gasteiger partial charge in [0.2, 0.25) is 5.78 Å². The molecular weight excluding hydrogens is 526 g/mol. The number of nitrogens with zero attached hydrogens (tertiary/aromatic N) is 3. The number of hydrogen-bond donors (Lipinski definition) is 2. The summed E-state index contributed by atoms with van der Waals surface area (Å²) in [5.41, 5.74) is 9.96. The summed E-state index contributed by atoms with van der Waals surface area (Å²) in [6.45, 7) is 5.09. The molecule has 0 bridgehead atoms. The van der Waals surface area contributed by atoms with E-state index in [-0.39, 0.29) is 11.6 Å². The Bertz CT molecular complexity index is 1410. The lowest BCUT2D eigenvalue weighted by Crippen LogP contribution is -2.16. The van der Waals surface area contributed by atoms with Crippen LogP contribution in [0.25, 0.3) is 17.1 Å². The predicted octanol–water partition coefficient (Wildman–Crippen LogP) is 6.15. The highest BCUT2D eigenvalue weighted by atomic mass is 16.5. The molecular formula is C34H41N5O3. The molecule has 8 heteroatoms. The van der Waals surface area contributed by atoms with E-state index in [1.165, 1.54) is 5.56 Å². The summed E-state index contributed by atoms with van der Waals surface area (Å²) in [7, 11) is 3.83. The van der Waals surface area contributed by atoms with Gasteiger partial charge in [-0.25, -0.2) is 9.97 Å². The molecule has 1 aromatic heterocycles. The highest BCUT2D eigenvalue weighted by molar-refractivity contribution is 6.07. The molecule has 42 heavy (non-hydrogen) atoms. The first kappa shape index (κ1) is 31.8. The van der Waals surface area contributed by atoms with Crippen molar-refractivity contribution < 1.29 is 14.3 Å². The quantitative estimate of drug-likeness (QED) is 0.200. The van der Waals surface area contributed by atoms with Crippen molar-refractivity contribution in [1.82, 2.24) is 14.9 Å². The zero-order valence-corrected chi connectivity index (χ0v) is 25.0. The number of carbonyl (C=O) groups excluding carboxylic acids is 1. The normalized spacial score (nSPS) is 14.6. The van der Waals surface area contributed by atoms with E-state index in [0.29, 0.717) is 19.0 Å². The Labute approximate surface area is 249 Å². The fraction of sp³-hybridized carbons (Fsp3) is 0.294. The Morgan fingerprint density at radius 1 is 0.929 bits per heavy atom. The zero-order valence-electron chi connectivity index (χ0n) is 25.0. The summed E-state index contributed by atoms with van der Waals surface area (Å²) in [5, 5.41) is 7.01. The van der Waals surface area contributed by atoms with Crippen molar-refractivity contribution in [1.29, 1.82) is 5.41 Å². The second-order valence-electron chi connectivity index (χ2n) is 9.74. The number of hydrogen-bond acceptors (Lipinski definition) is 7. The summed E-state index contributed by atoms with van der Waals surface area (Å²) >= 11 is 0. The van der Waals surface area contributed by atoms with Crippen molar-refractivity contribution in [3.63, 3.8) is 0 Å². The van der Waals surface area contributed by atoms with Gasteiger partial charge in [-0.05, 0) is 51.7 Å². The molecule has 3 N–H and O–H groups in total. The van der Waals surface area contributed by atoms with Crippen LogP contribution in [0.3, 0.4) is 0 Å². The number of aromatic nitrogens is 2. The van der Waals surface area contributed by atoms with Gasteiger partial charge in [-0.15, -0.1) is 0 Å². The topological polar surface area (TPSA) is 114 Å². The van der Waals surface area contributed by atoms with Gasteiger partial charge in [-0.3, -0.25) is 10.2 Å². The molecule has 0 saturated heterocycles. The van der Waals surface area contributed by atoms with Gasteiger partial charge in [0.15, 0.2) is 11.6 Å². The average Bonchev–Trinajstić information content (AvgIpc) is 3.01. The third-order valence-corrected chi connectivity index (χ3v) is 6.23.